The van der Waals surface area contributed by atoms with Crippen LogP contribution in [0.15, 0.2) is 36.4 Å². The number of fused-ring (bicyclic) bond motifs is 1. The Balaban J connectivity index is 1.28. The molecular weight excluding hydrogens is 442 g/mol. The number of methoxy groups -OCH3 is 2. The molecule has 33 heavy (non-hydrogen) atoms. The van der Waals surface area contributed by atoms with E-state index in [2.05, 4.69) is 4.90 Å². The van der Waals surface area contributed by atoms with E-state index < -0.39 is 0 Å². The van der Waals surface area contributed by atoms with Crippen LogP contribution in [0, 0.1) is 0 Å². The van der Waals surface area contributed by atoms with Gasteiger partial charge in [0.2, 0.25) is 11.8 Å². The van der Waals surface area contributed by atoms with Gasteiger partial charge in [-0.05, 0) is 41.3 Å². The topological polar surface area (TPSA) is 62.3 Å². The van der Waals surface area contributed by atoms with E-state index in [0.29, 0.717) is 63.0 Å². The summed E-state index contributed by atoms with van der Waals surface area (Å²) in [6, 6.07) is 11.4. The lowest BCUT2D eigenvalue weighted by Crippen LogP contribution is -2.52. The van der Waals surface area contributed by atoms with E-state index in [1.807, 2.05) is 40.1 Å². The fourth-order valence-corrected chi connectivity index (χ4v) is 4.66. The average Bonchev–Trinajstić information content (AvgIpc) is 2.84. The lowest BCUT2D eigenvalue weighted by Gasteiger charge is -2.36. The summed E-state index contributed by atoms with van der Waals surface area (Å²) in [5, 5.41) is 0.620. The zero-order valence-corrected chi connectivity index (χ0v) is 19.9. The van der Waals surface area contributed by atoms with Gasteiger partial charge in [0.05, 0.1) is 27.2 Å². The van der Waals surface area contributed by atoms with Gasteiger partial charge in [-0.2, -0.15) is 0 Å². The third kappa shape index (κ3) is 5.42. The Hall–Kier alpha value is -2.77. The molecular formula is C25H30ClN3O4. The van der Waals surface area contributed by atoms with Crippen molar-refractivity contribution in [1.29, 1.82) is 0 Å². The highest BCUT2D eigenvalue weighted by atomic mass is 35.5. The Morgan fingerprint density at radius 2 is 1.55 bits per heavy atom. The third-order valence-corrected chi connectivity index (χ3v) is 6.82. The number of nitrogens with zero attached hydrogens (tertiary/aromatic N) is 3. The zero-order valence-electron chi connectivity index (χ0n) is 19.2. The van der Waals surface area contributed by atoms with Gasteiger partial charge in [-0.15, -0.1) is 0 Å². The molecule has 0 bridgehead atoms. The Morgan fingerprint density at radius 1 is 0.879 bits per heavy atom. The van der Waals surface area contributed by atoms with Crippen LogP contribution in [0.2, 0.25) is 5.02 Å². The maximum Gasteiger partial charge on any atom is 0.237 e. The van der Waals surface area contributed by atoms with Crippen LogP contribution in [-0.4, -0.2) is 80.0 Å². The summed E-state index contributed by atoms with van der Waals surface area (Å²) in [5.41, 5.74) is 3.14. The number of hydrogen-bond acceptors (Lipinski definition) is 5. The fraction of sp³-hybridized carbons (Fsp3) is 0.440. The maximum atomic E-state index is 13.0. The van der Waals surface area contributed by atoms with Gasteiger partial charge in [0.25, 0.3) is 0 Å². The number of halogens is 1. The molecule has 8 heteroatoms. The van der Waals surface area contributed by atoms with Crippen molar-refractivity contribution in [2.24, 2.45) is 0 Å². The molecule has 0 saturated carbocycles. The van der Waals surface area contributed by atoms with E-state index in [0.717, 1.165) is 23.3 Å². The molecule has 0 spiro atoms. The van der Waals surface area contributed by atoms with E-state index in [9.17, 15) is 9.59 Å². The van der Waals surface area contributed by atoms with Crippen molar-refractivity contribution >= 4 is 23.4 Å². The summed E-state index contributed by atoms with van der Waals surface area (Å²) >= 11 is 6.19. The Kier molecular flexibility index (Phi) is 7.40. The van der Waals surface area contributed by atoms with Crippen LogP contribution in [0.1, 0.15) is 16.7 Å². The number of amides is 2. The first kappa shape index (κ1) is 23.4. The van der Waals surface area contributed by atoms with E-state index >= 15 is 0 Å². The Morgan fingerprint density at radius 3 is 2.21 bits per heavy atom. The van der Waals surface area contributed by atoms with Crippen LogP contribution < -0.4 is 9.47 Å². The van der Waals surface area contributed by atoms with Gasteiger partial charge in [-0.25, -0.2) is 0 Å². The molecule has 2 amide bonds. The number of hydrogen-bond donors (Lipinski definition) is 0. The van der Waals surface area contributed by atoms with Gasteiger partial charge >= 0.3 is 0 Å². The zero-order chi connectivity index (χ0) is 23.4. The fourth-order valence-electron chi connectivity index (χ4n) is 4.46. The van der Waals surface area contributed by atoms with Crippen LogP contribution in [0.4, 0.5) is 0 Å². The van der Waals surface area contributed by atoms with Crippen molar-refractivity contribution < 1.29 is 19.1 Å². The van der Waals surface area contributed by atoms with Crippen LogP contribution in [0.3, 0.4) is 0 Å². The van der Waals surface area contributed by atoms with Crippen LogP contribution in [0.5, 0.6) is 11.5 Å². The molecule has 0 aromatic heterocycles. The van der Waals surface area contributed by atoms with Crippen molar-refractivity contribution in [1.82, 2.24) is 14.7 Å². The molecule has 0 radical (unpaired) electrons. The average molecular weight is 472 g/mol. The van der Waals surface area contributed by atoms with Gasteiger partial charge in [0.1, 0.15) is 0 Å². The van der Waals surface area contributed by atoms with Crippen LogP contribution in [-0.2, 0) is 29.0 Å². The lowest BCUT2D eigenvalue weighted by atomic mass is 9.98. The highest BCUT2D eigenvalue weighted by Crippen LogP contribution is 2.33. The first-order valence-electron chi connectivity index (χ1n) is 11.2. The molecule has 1 fully saturated rings. The predicted molar refractivity (Wildman–Crippen MR) is 127 cm³/mol. The van der Waals surface area contributed by atoms with Gasteiger partial charge in [0.15, 0.2) is 11.5 Å². The van der Waals surface area contributed by atoms with Crippen LogP contribution in [0.25, 0.3) is 0 Å². The molecule has 2 aliphatic heterocycles. The summed E-state index contributed by atoms with van der Waals surface area (Å²) in [4.78, 5) is 31.5. The van der Waals surface area contributed by atoms with E-state index in [4.69, 9.17) is 21.1 Å². The van der Waals surface area contributed by atoms with Crippen molar-refractivity contribution in [3.8, 4) is 11.5 Å². The van der Waals surface area contributed by atoms with E-state index in [1.165, 1.54) is 5.56 Å². The van der Waals surface area contributed by atoms with E-state index in [1.54, 1.807) is 20.3 Å². The predicted octanol–water partition coefficient (Wildman–Crippen LogP) is 2.63. The van der Waals surface area contributed by atoms with Crippen molar-refractivity contribution in [2.45, 2.75) is 19.4 Å². The van der Waals surface area contributed by atoms with Gasteiger partial charge in [-0.3, -0.25) is 14.5 Å². The summed E-state index contributed by atoms with van der Waals surface area (Å²) < 4.78 is 10.8. The van der Waals surface area contributed by atoms with Crippen LogP contribution >= 0.6 is 11.6 Å². The first-order valence-corrected chi connectivity index (χ1v) is 11.6. The number of benzene rings is 2. The second-order valence-corrected chi connectivity index (χ2v) is 8.87. The number of carbonyl (C=O) groups excluding carboxylic acids is 2. The molecule has 2 heterocycles. The molecule has 0 N–H and O–H groups in total. The van der Waals surface area contributed by atoms with E-state index in [-0.39, 0.29) is 11.8 Å². The third-order valence-electron chi connectivity index (χ3n) is 6.45. The summed E-state index contributed by atoms with van der Waals surface area (Å²) in [7, 11) is 3.25. The molecule has 2 aromatic carbocycles. The summed E-state index contributed by atoms with van der Waals surface area (Å²) in [6.45, 7) is 4.26. The van der Waals surface area contributed by atoms with Crippen molar-refractivity contribution in [2.75, 3.05) is 53.5 Å². The molecule has 2 aliphatic rings. The molecule has 2 aromatic rings. The second-order valence-electron chi connectivity index (χ2n) is 8.47. The quantitative estimate of drug-likeness (QED) is 0.648. The standard InChI is InChI=1S/C25H30ClN3O4/c1-32-22-13-18-7-8-29(16-20(18)14-23(22)33-2)25(31)17-27-9-11-28(12-10-27)24(30)15-19-5-3-4-6-21(19)26/h3-6,13-14H,7-12,15-17H2,1-2H3. The number of ether oxygens (including phenoxy) is 2. The normalized spacial score (nSPS) is 16.3. The molecule has 176 valence electrons. The lowest BCUT2D eigenvalue weighted by molar-refractivity contribution is -0.135. The first-order chi connectivity index (χ1) is 16.0. The largest absolute Gasteiger partial charge is 0.493 e. The van der Waals surface area contributed by atoms with Gasteiger partial charge in [0, 0.05) is 44.3 Å². The minimum Gasteiger partial charge on any atom is -0.493 e. The summed E-state index contributed by atoms with van der Waals surface area (Å²) in [6.07, 6.45) is 1.10. The van der Waals surface area contributed by atoms with Crippen molar-refractivity contribution in [3.63, 3.8) is 0 Å². The van der Waals surface area contributed by atoms with Crippen molar-refractivity contribution in [3.05, 3.63) is 58.1 Å². The summed E-state index contributed by atoms with van der Waals surface area (Å²) in [5.74, 6) is 1.60. The molecule has 0 unspecified atom stereocenters. The highest BCUT2D eigenvalue weighted by Gasteiger charge is 2.27. The Bertz CT molecular complexity index is 1020. The highest BCUT2D eigenvalue weighted by molar-refractivity contribution is 6.31. The van der Waals surface area contributed by atoms with Gasteiger partial charge in [-0.1, -0.05) is 29.8 Å². The number of rotatable bonds is 6. The molecule has 0 aliphatic carbocycles. The molecule has 4 rings (SSSR count). The Labute approximate surface area is 199 Å². The number of piperazine rings is 1. The molecule has 1 saturated heterocycles. The second kappa shape index (κ2) is 10.4. The maximum absolute atomic E-state index is 13.0. The number of carbonyl (C=O) groups is 2. The molecule has 7 nitrogen and oxygen atoms in total. The SMILES string of the molecule is COc1cc2c(cc1OC)CN(C(=O)CN1CCN(C(=O)Cc3ccccc3Cl)CC1)CC2. The minimum absolute atomic E-state index is 0.0751. The van der Waals surface area contributed by atoms with Gasteiger partial charge < -0.3 is 19.3 Å². The monoisotopic (exact) mass is 471 g/mol. The smallest absolute Gasteiger partial charge is 0.237 e. The minimum atomic E-state index is 0.0751. The molecule has 0 atom stereocenters.